The van der Waals surface area contributed by atoms with E-state index >= 15 is 0 Å². The van der Waals surface area contributed by atoms with Crippen LogP contribution < -0.4 is 21.5 Å². The van der Waals surface area contributed by atoms with E-state index in [2.05, 4.69) is 25.9 Å². The Morgan fingerprint density at radius 3 is 2.68 bits per heavy atom. The maximum absolute atomic E-state index is 13.9. The van der Waals surface area contributed by atoms with Gasteiger partial charge in [0.15, 0.2) is 5.82 Å². The SMILES string of the molecule is O=C(N[C@@H](CC1CCCC1)C(=O)Nc1ccc(=O)[nH]c1)c1cccc(Nc2ccncc2F)c1. The first kappa shape index (κ1) is 23.2. The lowest BCUT2D eigenvalue weighted by Gasteiger charge is -2.21. The number of hydrogen-bond donors (Lipinski definition) is 4. The fourth-order valence-electron chi connectivity index (χ4n) is 4.14. The van der Waals surface area contributed by atoms with Gasteiger partial charge >= 0.3 is 0 Å². The van der Waals surface area contributed by atoms with Gasteiger partial charge in [0.2, 0.25) is 11.5 Å². The number of pyridine rings is 2. The number of hydrogen-bond acceptors (Lipinski definition) is 5. The molecule has 1 atom stereocenters. The van der Waals surface area contributed by atoms with Crippen LogP contribution in [0.15, 0.2) is 65.8 Å². The molecular weight excluding hydrogens is 437 g/mol. The zero-order valence-electron chi connectivity index (χ0n) is 18.5. The van der Waals surface area contributed by atoms with E-state index in [0.29, 0.717) is 29.3 Å². The first-order chi connectivity index (χ1) is 16.5. The molecule has 4 N–H and O–H groups in total. The minimum Gasteiger partial charge on any atom is -0.353 e. The zero-order chi connectivity index (χ0) is 23.9. The standard InChI is InChI=1S/C25H26FN5O3/c26-20-15-27-11-10-21(20)29-18-7-3-6-17(13-18)24(33)31-22(12-16-4-1-2-5-16)25(34)30-19-8-9-23(32)28-14-19/h3,6-11,13-16,22H,1-2,4-5,12H2,(H,27,29)(H,28,32)(H,30,34)(H,31,33)/t22-/m0/s1. The Bertz CT molecular complexity index is 1200. The highest BCUT2D eigenvalue weighted by Gasteiger charge is 2.27. The number of aromatic amines is 1. The number of H-pyrrole nitrogens is 1. The monoisotopic (exact) mass is 463 g/mol. The van der Waals surface area contributed by atoms with Gasteiger partial charge in [0.25, 0.3) is 5.91 Å². The molecule has 0 bridgehead atoms. The Morgan fingerprint density at radius 2 is 1.94 bits per heavy atom. The van der Waals surface area contributed by atoms with Crippen molar-refractivity contribution in [3.05, 3.63) is 82.8 Å². The maximum atomic E-state index is 13.9. The Morgan fingerprint density at radius 1 is 1.12 bits per heavy atom. The van der Waals surface area contributed by atoms with Gasteiger partial charge in [-0.1, -0.05) is 31.7 Å². The predicted molar refractivity (Wildman–Crippen MR) is 127 cm³/mol. The zero-order valence-corrected chi connectivity index (χ0v) is 18.5. The summed E-state index contributed by atoms with van der Waals surface area (Å²) in [4.78, 5) is 43.6. The van der Waals surface area contributed by atoms with Crippen LogP contribution in [0.25, 0.3) is 0 Å². The van der Waals surface area contributed by atoms with E-state index in [0.717, 1.165) is 31.9 Å². The second-order valence-corrected chi connectivity index (χ2v) is 8.40. The molecule has 2 aromatic heterocycles. The lowest BCUT2D eigenvalue weighted by atomic mass is 9.97. The molecule has 1 aliphatic rings. The van der Waals surface area contributed by atoms with Crippen molar-refractivity contribution in [3.8, 4) is 0 Å². The first-order valence-corrected chi connectivity index (χ1v) is 11.2. The number of halogens is 1. The molecule has 0 aliphatic heterocycles. The highest BCUT2D eigenvalue weighted by molar-refractivity contribution is 6.01. The third kappa shape index (κ3) is 6.06. The smallest absolute Gasteiger partial charge is 0.252 e. The van der Waals surface area contributed by atoms with E-state index in [1.54, 1.807) is 24.3 Å². The van der Waals surface area contributed by atoms with Crippen LogP contribution in [0.1, 0.15) is 42.5 Å². The van der Waals surface area contributed by atoms with Crippen molar-refractivity contribution < 1.29 is 14.0 Å². The van der Waals surface area contributed by atoms with Crippen LogP contribution in [0.2, 0.25) is 0 Å². The average molecular weight is 464 g/mol. The van der Waals surface area contributed by atoms with Gasteiger partial charge in [0.1, 0.15) is 6.04 Å². The molecule has 8 nitrogen and oxygen atoms in total. The van der Waals surface area contributed by atoms with Crippen LogP contribution in [0, 0.1) is 11.7 Å². The molecule has 2 amide bonds. The van der Waals surface area contributed by atoms with Crippen molar-refractivity contribution in [2.24, 2.45) is 5.92 Å². The average Bonchev–Trinajstić information content (AvgIpc) is 3.35. The van der Waals surface area contributed by atoms with Gasteiger partial charge < -0.3 is 20.9 Å². The van der Waals surface area contributed by atoms with Crippen molar-refractivity contribution in [1.29, 1.82) is 0 Å². The van der Waals surface area contributed by atoms with Crippen LogP contribution in [0.3, 0.4) is 0 Å². The Balaban J connectivity index is 1.48. The normalized spacial score (nSPS) is 14.4. The lowest BCUT2D eigenvalue weighted by molar-refractivity contribution is -0.118. The van der Waals surface area contributed by atoms with Gasteiger partial charge in [-0.05, 0) is 42.7 Å². The van der Waals surface area contributed by atoms with E-state index in [1.165, 1.54) is 30.6 Å². The van der Waals surface area contributed by atoms with Crippen molar-refractivity contribution >= 4 is 28.9 Å². The van der Waals surface area contributed by atoms with Gasteiger partial charge in [-0.3, -0.25) is 19.4 Å². The first-order valence-electron chi connectivity index (χ1n) is 11.2. The summed E-state index contributed by atoms with van der Waals surface area (Å²) < 4.78 is 13.9. The van der Waals surface area contributed by atoms with Crippen LogP contribution in [0.4, 0.5) is 21.5 Å². The van der Waals surface area contributed by atoms with Gasteiger partial charge in [-0.15, -0.1) is 0 Å². The lowest BCUT2D eigenvalue weighted by Crippen LogP contribution is -2.44. The largest absolute Gasteiger partial charge is 0.353 e. The number of benzene rings is 1. The van der Waals surface area contributed by atoms with Crippen LogP contribution in [-0.4, -0.2) is 27.8 Å². The molecule has 3 aromatic rings. The predicted octanol–water partition coefficient (Wildman–Crippen LogP) is 3.97. The number of carbonyl (C=O) groups excluding carboxylic acids is 2. The molecule has 0 saturated heterocycles. The molecule has 2 heterocycles. The van der Waals surface area contributed by atoms with E-state index in [-0.39, 0.29) is 17.2 Å². The molecule has 9 heteroatoms. The molecule has 0 spiro atoms. The second kappa shape index (κ2) is 10.7. The molecular formula is C25H26FN5O3. The van der Waals surface area contributed by atoms with Crippen molar-refractivity contribution in [2.45, 2.75) is 38.1 Å². The Labute approximate surface area is 196 Å². The number of anilines is 3. The molecule has 0 radical (unpaired) electrons. The second-order valence-electron chi connectivity index (χ2n) is 8.40. The van der Waals surface area contributed by atoms with Gasteiger partial charge in [0, 0.05) is 29.7 Å². The number of amides is 2. The Hall–Kier alpha value is -4.01. The van der Waals surface area contributed by atoms with E-state index in [4.69, 9.17) is 0 Å². The quantitative estimate of drug-likeness (QED) is 0.403. The molecule has 1 saturated carbocycles. The highest BCUT2D eigenvalue weighted by Crippen LogP contribution is 2.29. The minimum atomic E-state index is -0.739. The van der Waals surface area contributed by atoms with E-state index in [1.807, 2.05) is 0 Å². The molecule has 1 aromatic carbocycles. The molecule has 0 unspecified atom stereocenters. The van der Waals surface area contributed by atoms with Crippen LogP contribution in [0.5, 0.6) is 0 Å². The van der Waals surface area contributed by atoms with E-state index in [9.17, 15) is 18.8 Å². The van der Waals surface area contributed by atoms with Gasteiger partial charge in [-0.25, -0.2) is 4.39 Å². The molecule has 4 rings (SSSR count). The minimum absolute atomic E-state index is 0.243. The fourth-order valence-corrected chi connectivity index (χ4v) is 4.14. The molecule has 1 aliphatic carbocycles. The molecule has 1 fully saturated rings. The number of nitrogens with one attached hydrogen (secondary N) is 4. The number of carbonyl (C=O) groups is 2. The summed E-state index contributed by atoms with van der Waals surface area (Å²) >= 11 is 0. The number of rotatable bonds is 8. The van der Waals surface area contributed by atoms with Crippen LogP contribution in [-0.2, 0) is 4.79 Å². The summed E-state index contributed by atoms with van der Waals surface area (Å²) in [5.74, 6) is -0.902. The van der Waals surface area contributed by atoms with E-state index < -0.39 is 17.8 Å². The summed E-state index contributed by atoms with van der Waals surface area (Å²) in [5, 5.41) is 8.56. The fraction of sp³-hybridized carbons (Fsp3) is 0.280. The van der Waals surface area contributed by atoms with Crippen molar-refractivity contribution in [1.82, 2.24) is 15.3 Å². The third-order valence-corrected chi connectivity index (χ3v) is 5.89. The van der Waals surface area contributed by atoms with Crippen molar-refractivity contribution in [3.63, 3.8) is 0 Å². The summed E-state index contributed by atoms with van der Waals surface area (Å²) in [5.41, 5.74) is 1.29. The summed E-state index contributed by atoms with van der Waals surface area (Å²) in [6.07, 6.45) is 8.80. The van der Waals surface area contributed by atoms with Gasteiger partial charge in [-0.2, -0.15) is 0 Å². The molecule has 34 heavy (non-hydrogen) atoms. The molecule has 176 valence electrons. The van der Waals surface area contributed by atoms with Gasteiger partial charge in [0.05, 0.1) is 17.6 Å². The van der Waals surface area contributed by atoms with Crippen molar-refractivity contribution in [2.75, 3.05) is 10.6 Å². The maximum Gasteiger partial charge on any atom is 0.252 e. The Kier molecular flexibility index (Phi) is 7.31. The summed E-state index contributed by atoms with van der Waals surface area (Å²) in [7, 11) is 0. The summed E-state index contributed by atoms with van der Waals surface area (Å²) in [6, 6.07) is 10.2. The topological polar surface area (TPSA) is 116 Å². The number of nitrogens with zero attached hydrogens (tertiary/aromatic N) is 1. The highest BCUT2D eigenvalue weighted by atomic mass is 19.1. The summed E-state index contributed by atoms with van der Waals surface area (Å²) in [6.45, 7) is 0. The van der Waals surface area contributed by atoms with Crippen LogP contribution >= 0.6 is 0 Å². The number of aromatic nitrogens is 2. The third-order valence-electron chi connectivity index (χ3n) is 5.89.